The molecule has 0 radical (unpaired) electrons. The van der Waals surface area contributed by atoms with E-state index in [9.17, 15) is 4.79 Å². The molecular formula is C18H24N2O2. The number of rotatable bonds is 6. The monoisotopic (exact) mass is 300 g/mol. The minimum atomic E-state index is 0.0800. The van der Waals surface area contributed by atoms with Gasteiger partial charge in [0.1, 0.15) is 5.75 Å². The summed E-state index contributed by atoms with van der Waals surface area (Å²) < 4.78 is 7.07. The highest BCUT2D eigenvalue weighted by molar-refractivity contribution is 5.61. The van der Waals surface area contributed by atoms with Crippen LogP contribution in [-0.2, 0) is 13.1 Å². The summed E-state index contributed by atoms with van der Waals surface area (Å²) in [6.07, 6.45) is 0. The first-order chi connectivity index (χ1) is 10.6. The lowest BCUT2D eigenvalue weighted by atomic mass is 10.1. The zero-order chi connectivity index (χ0) is 16.1. The van der Waals surface area contributed by atoms with Crippen LogP contribution < -0.4 is 15.6 Å². The highest BCUT2D eigenvalue weighted by Gasteiger charge is 2.11. The SMILES string of the molecule is CNCc1ccc(-c2ccc(OC)cc2)n(CC(C)C)c1=O. The van der Waals surface area contributed by atoms with Crippen LogP contribution in [-0.4, -0.2) is 18.7 Å². The van der Waals surface area contributed by atoms with E-state index in [1.165, 1.54) is 0 Å². The summed E-state index contributed by atoms with van der Waals surface area (Å²) in [7, 11) is 3.50. The molecule has 4 heteroatoms. The second-order valence-corrected chi connectivity index (χ2v) is 5.81. The van der Waals surface area contributed by atoms with E-state index in [4.69, 9.17) is 4.74 Å². The molecule has 1 aromatic carbocycles. The second-order valence-electron chi connectivity index (χ2n) is 5.81. The Morgan fingerprint density at radius 3 is 2.36 bits per heavy atom. The number of aromatic nitrogens is 1. The van der Waals surface area contributed by atoms with Crippen LogP contribution in [0.4, 0.5) is 0 Å². The normalized spacial score (nSPS) is 11.0. The van der Waals surface area contributed by atoms with Crippen molar-refractivity contribution < 1.29 is 4.74 Å². The molecule has 0 aliphatic carbocycles. The van der Waals surface area contributed by atoms with Crippen LogP contribution in [0.1, 0.15) is 19.4 Å². The maximum Gasteiger partial charge on any atom is 0.255 e. The Bertz CT molecular complexity index is 672. The van der Waals surface area contributed by atoms with Gasteiger partial charge in [0, 0.05) is 18.7 Å². The molecule has 0 aliphatic heterocycles. The topological polar surface area (TPSA) is 43.3 Å². The number of methoxy groups -OCH3 is 1. The predicted octanol–water partition coefficient (Wildman–Crippen LogP) is 2.90. The van der Waals surface area contributed by atoms with Gasteiger partial charge in [0.15, 0.2) is 0 Å². The molecule has 1 aromatic heterocycles. The van der Waals surface area contributed by atoms with Crippen molar-refractivity contribution in [3.8, 4) is 17.0 Å². The Kier molecular flexibility index (Phi) is 5.39. The Balaban J connectivity index is 2.53. The molecule has 0 saturated carbocycles. The summed E-state index contributed by atoms with van der Waals surface area (Å²) in [5.41, 5.74) is 2.84. The minimum absolute atomic E-state index is 0.0800. The molecule has 0 atom stereocenters. The third-order valence-electron chi connectivity index (χ3n) is 3.55. The molecule has 0 amide bonds. The van der Waals surface area contributed by atoms with Crippen molar-refractivity contribution in [2.45, 2.75) is 26.9 Å². The van der Waals surface area contributed by atoms with Crippen molar-refractivity contribution in [1.82, 2.24) is 9.88 Å². The maximum absolute atomic E-state index is 12.7. The van der Waals surface area contributed by atoms with Crippen LogP contribution in [0.25, 0.3) is 11.3 Å². The molecule has 0 fully saturated rings. The summed E-state index contributed by atoms with van der Waals surface area (Å²) in [4.78, 5) is 12.7. The molecule has 0 aliphatic rings. The van der Waals surface area contributed by atoms with Crippen LogP contribution in [0.3, 0.4) is 0 Å². The largest absolute Gasteiger partial charge is 0.497 e. The molecule has 0 unspecified atom stereocenters. The fraction of sp³-hybridized carbons (Fsp3) is 0.389. The standard InChI is InChI=1S/C18H24N2O2/c1-13(2)12-20-17(10-7-15(11-19-3)18(20)21)14-5-8-16(22-4)9-6-14/h5-10,13,19H,11-12H2,1-4H3. The highest BCUT2D eigenvalue weighted by Crippen LogP contribution is 2.22. The highest BCUT2D eigenvalue weighted by atomic mass is 16.5. The molecule has 22 heavy (non-hydrogen) atoms. The predicted molar refractivity (Wildman–Crippen MR) is 90.3 cm³/mol. The van der Waals surface area contributed by atoms with E-state index in [1.807, 2.05) is 48.0 Å². The third-order valence-corrected chi connectivity index (χ3v) is 3.55. The van der Waals surface area contributed by atoms with Crippen molar-refractivity contribution >= 4 is 0 Å². The number of benzene rings is 1. The number of hydrogen-bond acceptors (Lipinski definition) is 3. The second kappa shape index (κ2) is 7.27. The first-order valence-corrected chi connectivity index (χ1v) is 7.58. The number of hydrogen-bond donors (Lipinski definition) is 1. The van der Waals surface area contributed by atoms with Crippen LogP contribution in [0.15, 0.2) is 41.2 Å². The van der Waals surface area contributed by atoms with E-state index in [0.717, 1.165) is 22.6 Å². The van der Waals surface area contributed by atoms with Crippen LogP contribution in [0.2, 0.25) is 0 Å². The number of nitrogens with zero attached hydrogens (tertiary/aromatic N) is 1. The lowest BCUT2D eigenvalue weighted by Gasteiger charge is -2.17. The van der Waals surface area contributed by atoms with Crippen LogP contribution in [0.5, 0.6) is 5.75 Å². The van der Waals surface area contributed by atoms with E-state index in [-0.39, 0.29) is 5.56 Å². The Morgan fingerprint density at radius 2 is 1.82 bits per heavy atom. The zero-order valence-corrected chi connectivity index (χ0v) is 13.7. The van der Waals surface area contributed by atoms with Gasteiger partial charge in [-0.15, -0.1) is 0 Å². The van der Waals surface area contributed by atoms with E-state index < -0.39 is 0 Å². The van der Waals surface area contributed by atoms with E-state index in [2.05, 4.69) is 19.2 Å². The van der Waals surface area contributed by atoms with Gasteiger partial charge in [-0.3, -0.25) is 4.79 Å². The van der Waals surface area contributed by atoms with E-state index >= 15 is 0 Å². The van der Waals surface area contributed by atoms with Gasteiger partial charge < -0.3 is 14.6 Å². The Labute approximate surface area is 131 Å². The summed E-state index contributed by atoms with van der Waals surface area (Å²) in [6, 6.07) is 11.7. The van der Waals surface area contributed by atoms with Crippen molar-refractivity contribution in [3.05, 3.63) is 52.3 Å². The fourth-order valence-corrected chi connectivity index (χ4v) is 2.51. The third kappa shape index (κ3) is 3.57. The first kappa shape index (κ1) is 16.3. The van der Waals surface area contributed by atoms with Crippen molar-refractivity contribution in [2.75, 3.05) is 14.2 Å². The molecule has 1 heterocycles. The molecule has 0 spiro atoms. The van der Waals surface area contributed by atoms with Gasteiger partial charge in [-0.2, -0.15) is 0 Å². The Hall–Kier alpha value is -2.07. The molecule has 4 nitrogen and oxygen atoms in total. The van der Waals surface area contributed by atoms with Crippen LogP contribution in [0, 0.1) is 5.92 Å². The average Bonchev–Trinajstić information content (AvgIpc) is 2.51. The summed E-state index contributed by atoms with van der Waals surface area (Å²) >= 11 is 0. The van der Waals surface area contributed by atoms with Gasteiger partial charge in [0.05, 0.1) is 12.8 Å². The van der Waals surface area contributed by atoms with Crippen molar-refractivity contribution in [2.24, 2.45) is 5.92 Å². The molecule has 1 N–H and O–H groups in total. The lowest BCUT2D eigenvalue weighted by Crippen LogP contribution is -2.28. The van der Waals surface area contributed by atoms with Gasteiger partial charge in [0.25, 0.3) is 5.56 Å². The van der Waals surface area contributed by atoms with Gasteiger partial charge in [-0.1, -0.05) is 19.9 Å². The van der Waals surface area contributed by atoms with Crippen molar-refractivity contribution in [1.29, 1.82) is 0 Å². The number of nitrogens with one attached hydrogen (secondary N) is 1. The van der Waals surface area contributed by atoms with Crippen molar-refractivity contribution in [3.63, 3.8) is 0 Å². The minimum Gasteiger partial charge on any atom is -0.497 e. The molecule has 2 rings (SSSR count). The number of ether oxygens (including phenoxy) is 1. The van der Waals surface area contributed by atoms with Gasteiger partial charge in [-0.05, 0) is 48.9 Å². The zero-order valence-electron chi connectivity index (χ0n) is 13.7. The fourth-order valence-electron chi connectivity index (χ4n) is 2.51. The van der Waals surface area contributed by atoms with E-state index in [1.54, 1.807) is 7.11 Å². The summed E-state index contributed by atoms with van der Waals surface area (Å²) in [6.45, 7) is 5.53. The van der Waals surface area contributed by atoms with Gasteiger partial charge in [0.2, 0.25) is 0 Å². The number of pyridine rings is 1. The maximum atomic E-state index is 12.7. The average molecular weight is 300 g/mol. The first-order valence-electron chi connectivity index (χ1n) is 7.58. The smallest absolute Gasteiger partial charge is 0.255 e. The summed E-state index contributed by atoms with van der Waals surface area (Å²) in [5.74, 6) is 1.22. The lowest BCUT2D eigenvalue weighted by molar-refractivity contribution is 0.415. The quantitative estimate of drug-likeness (QED) is 0.892. The van der Waals surface area contributed by atoms with E-state index in [0.29, 0.717) is 19.0 Å². The molecule has 2 aromatic rings. The molecular weight excluding hydrogens is 276 g/mol. The summed E-state index contributed by atoms with van der Waals surface area (Å²) in [5, 5.41) is 3.05. The van der Waals surface area contributed by atoms with Gasteiger partial charge in [-0.25, -0.2) is 0 Å². The molecule has 118 valence electrons. The molecule has 0 bridgehead atoms. The molecule has 0 saturated heterocycles. The van der Waals surface area contributed by atoms with Crippen LogP contribution >= 0.6 is 0 Å². The van der Waals surface area contributed by atoms with Gasteiger partial charge >= 0.3 is 0 Å². The Morgan fingerprint density at radius 1 is 1.14 bits per heavy atom.